The van der Waals surface area contributed by atoms with Gasteiger partial charge < -0.3 is 4.98 Å². The SMILES string of the molecule is Cc1ccc2cc(CN(Cc3ccc(F)cc3)Cc3nnnn3C3CCCCC3)c(=O)[nH]c2c1C. The summed E-state index contributed by atoms with van der Waals surface area (Å²) in [7, 11) is 0. The highest BCUT2D eigenvalue weighted by Gasteiger charge is 2.22. The highest BCUT2D eigenvalue weighted by Crippen LogP contribution is 2.28. The first kappa shape index (κ1) is 23.4. The van der Waals surface area contributed by atoms with Gasteiger partial charge in [0.15, 0.2) is 5.82 Å². The van der Waals surface area contributed by atoms with Crippen molar-refractivity contribution in [3.63, 3.8) is 0 Å². The Kier molecular flexibility index (Phi) is 6.72. The van der Waals surface area contributed by atoms with Crippen LogP contribution in [0.15, 0.2) is 47.3 Å². The monoisotopic (exact) mass is 474 g/mol. The van der Waals surface area contributed by atoms with Crippen LogP contribution >= 0.6 is 0 Å². The fraction of sp³-hybridized carbons (Fsp3) is 0.407. The van der Waals surface area contributed by atoms with Crippen LogP contribution in [-0.4, -0.2) is 30.1 Å². The van der Waals surface area contributed by atoms with Gasteiger partial charge in [-0.05, 0) is 77.4 Å². The van der Waals surface area contributed by atoms with Crippen molar-refractivity contribution in [1.29, 1.82) is 0 Å². The second-order valence-electron chi connectivity index (χ2n) is 9.70. The molecule has 0 radical (unpaired) electrons. The number of aromatic nitrogens is 5. The first-order valence-electron chi connectivity index (χ1n) is 12.3. The minimum Gasteiger partial charge on any atom is -0.321 e. The Morgan fingerprint density at radius 2 is 1.80 bits per heavy atom. The smallest absolute Gasteiger partial charge is 0.252 e. The quantitative estimate of drug-likeness (QED) is 0.409. The zero-order valence-corrected chi connectivity index (χ0v) is 20.3. The Morgan fingerprint density at radius 1 is 1.03 bits per heavy atom. The molecular weight excluding hydrogens is 443 g/mol. The van der Waals surface area contributed by atoms with Gasteiger partial charge in [-0.25, -0.2) is 9.07 Å². The summed E-state index contributed by atoms with van der Waals surface area (Å²) >= 11 is 0. The predicted molar refractivity (Wildman–Crippen MR) is 133 cm³/mol. The molecule has 8 heteroatoms. The topological polar surface area (TPSA) is 79.7 Å². The van der Waals surface area contributed by atoms with E-state index in [4.69, 9.17) is 0 Å². The molecule has 1 N–H and O–H groups in total. The lowest BCUT2D eigenvalue weighted by Gasteiger charge is -2.25. The highest BCUT2D eigenvalue weighted by atomic mass is 19.1. The molecule has 0 bridgehead atoms. The van der Waals surface area contributed by atoms with Crippen LogP contribution in [0.5, 0.6) is 0 Å². The number of hydrogen-bond donors (Lipinski definition) is 1. The number of nitrogens with one attached hydrogen (secondary N) is 1. The largest absolute Gasteiger partial charge is 0.321 e. The van der Waals surface area contributed by atoms with Gasteiger partial charge in [-0.1, -0.05) is 43.5 Å². The summed E-state index contributed by atoms with van der Waals surface area (Å²) in [6.07, 6.45) is 5.80. The number of aromatic amines is 1. The van der Waals surface area contributed by atoms with E-state index < -0.39 is 0 Å². The van der Waals surface area contributed by atoms with E-state index in [1.54, 1.807) is 12.1 Å². The number of nitrogens with zero attached hydrogens (tertiary/aromatic N) is 5. The zero-order valence-electron chi connectivity index (χ0n) is 20.3. The number of H-pyrrole nitrogens is 1. The van der Waals surface area contributed by atoms with Crippen molar-refractivity contribution in [2.45, 2.75) is 71.6 Å². The van der Waals surface area contributed by atoms with Gasteiger partial charge in [-0.15, -0.1) is 5.10 Å². The van der Waals surface area contributed by atoms with E-state index in [-0.39, 0.29) is 11.4 Å². The molecule has 1 aliphatic carbocycles. The maximum absolute atomic E-state index is 13.5. The van der Waals surface area contributed by atoms with Gasteiger partial charge in [-0.2, -0.15) is 0 Å². The van der Waals surface area contributed by atoms with Crippen molar-refractivity contribution >= 4 is 10.9 Å². The van der Waals surface area contributed by atoms with E-state index in [1.807, 2.05) is 30.7 Å². The second-order valence-corrected chi connectivity index (χ2v) is 9.70. The maximum atomic E-state index is 13.5. The highest BCUT2D eigenvalue weighted by molar-refractivity contribution is 5.83. The number of pyridine rings is 1. The lowest BCUT2D eigenvalue weighted by atomic mass is 9.95. The maximum Gasteiger partial charge on any atom is 0.252 e. The fourth-order valence-corrected chi connectivity index (χ4v) is 5.07. The number of halogens is 1. The molecule has 0 unspecified atom stereocenters. The van der Waals surface area contributed by atoms with Crippen LogP contribution in [0, 0.1) is 19.7 Å². The Balaban J connectivity index is 1.46. The lowest BCUT2D eigenvalue weighted by molar-refractivity contribution is 0.225. The molecule has 1 aliphatic rings. The number of fused-ring (bicyclic) bond motifs is 1. The van der Waals surface area contributed by atoms with Crippen molar-refractivity contribution in [3.05, 3.63) is 86.7 Å². The van der Waals surface area contributed by atoms with Crippen molar-refractivity contribution in [3.8, 4) is 0 Å². The van der Waals surface area contributed by atoms with Gasteiger partial charge >= 0.3 is 0 Å². The van der Waals surface area contributed by atoms with E-state index in [1.165, 1.54) is 31.4 Å². The van der Waals surface area contributed by atoms with Crippen LogP contribution in [0.2, 0.25) is 0 Å². The summed E-state index contributed by atoms with van der Waals surface area (Å²) in [6, 6.07) is 12.9. The average molecular weight is 475 g/mol. The van der Waals surface area contributed by atoms with Gasteiger partial charge in [0.25, 0.3) is 5.56 Å². The molecule has 35 heavy (non-hydrogen) atoms. The number of tetrazole rings is 1. The van der Waals surface area contributed by atoms with Crippen LogP contribution in [0.1, 0.15) is 66.2 Å². The van der Waals surface area contributed by atoms with Gasteiger partial charge in [0, 0.05) is 18.7 Å². The molecule has 4 aromatic rings. The van der Waals surface area contributed by atoms with Gasteiger partial charge in [0.05, 0.1) is 18.1 Å². The first-order valence-corrected chi connectivity index (χ1v) is 12.3. The summed E-state index contributed by atoms with van der Waals surface area (Å²) in [5.41, 5.74) is 4.66. The van der Waals surface area contributed by atoms with Gasteiger partial charge in [-0.3, -0.25) is 9.69 Å². The van der Waals surface area contributed by atoms with E-state index in [0.717, 1.165) is 46.3 Å². The van der Waals surface area contributed by atoms with Gasteiger partial charge in [0.2, 0.25) is 0 Å². The number of rotatable bonds is 7. The van der Waals surface area contributed by atoms with Crippen LogP contribution < -0.4 is 5.56 Å². The third-order valence-electron chi connectivity index (χ3n) is 7.19. The molecule has 2 heterocycles. The Morgan fingerprint density at radius 3 is 2.57 bits per heavy atom. The summed E-state index contributed by atoms with van der Waals surface area (Å²) in [4.78, 5) is 18.3. The minimum atomic E-state index is -0.266. The average Bonchev–Trinajstić information content (AvgIpc) is 3.32. The second kappa shape index (κ2) is 10.1. The van der Waals surface area contributed by atoms with Crippen LogP contribution in [0.4, 0.5) is 4.39 Å². The predicted octanol–water partition coefficient (Wildman–Crippen LogP) is 4.98. The summed E-state index contributed by atoms with van der Waals surface area (Å²) in [5.74, 6) is 0.529. The molecule has 0 aliphatic heterocycles. The van der Waals surface area contributed by atoms with Gasteiger partial charge in [0.1, 0.15) is 5.82 Å². The molecule has 5 rings (SSSR count). The molecule has 2 aromatic carbocycles. The number of hydrogen-bond acceptors (Lipinski definition) is 5. The molecule has 1 saturated carbocycles. The molecule has 2 aromatic heterocycles. The first-order chi connectivity index (χ1) is 17.0. The summed E-state index contributed by atoms with van der Waals surface area (Å²) in [5, 5.41) is 13.6. The molecule has 7 nitrogen and oxygen atoms in total. The molecule has 182 valence electrons. The zero-order chi connectivity index (χ0) is 24.4. The molecule has 0 atom stereocenters. The van der Waals surface area contributed by atoms with E-state index >= 15 is 0 Å². The Bertz CT molecular complexity index is 1370. The normalized spacial score (nSPS) is 14.7. The molecule has 0 spiro atoms. The molecule has 1 fully saturated rings. The summed E-state index contributed by atoms with van der Waals surface area (Å²) in [6.45, 7) is 5.53. The lowest BCUT2D eigenvalue weighted by Crippen LogP contribution is -2.29. The summed E-state index contributed by atoms with van der Waals surface area (Å²) < 4.78 is 15.5. The van der Waals surface area contributed by atoms with Crippen LogP contribution in [-0.2, 0) is 19.6 Å². The van der Waals surface area contributed by atoms with Crippen molar-refractivity contribution in [2.24, 2.45) is 0 Å². The molecule has 0 saturated heterocycles. The number of aryl methyl sites for hydroxylation is 2. The fourth-order valence-electron chi connectivity index (χ4n) is 5.07. The third kappa shape index (κ3) is 5.17. The number of benzene rings is 2. The Labute approximate surface area is 204 Å². The van der Waals surface area contributed by atoms with Crippen LogP contribution in [0.25, 0.3) is 10.9 Å². The molecule has 0 amide bonds. The van der Waals surface area contributed by atoms with Crippen molar-refractivity contribution < 1.29 is 4.39 Å². The minimum absolute atomic E-state index is 0.0952. The standard InChI is InChI=1S/C27H31FN6O/c1-18-8-11-21-14-22(27(35)29-26(21)19(18)2)16-33(15-20-9-12-23(28)13-10-20)17-25-30-31-32-34(25)24-6-4-3-5-7-24/h8-14,24H,3-7,15-17H2,1-2H3,(H,29,35). The Hall–Kier alpha value is -3.39. The van der Waals surface area contributed by atoms with Crippen molar-refractivity contribution in [1.82, 2.24) is 30.1 Å². The van der Waals surface area contributed by atoms with Crippen molar-refractivity contribution in [2.75, 3.05) is 0 Å². The van der Waals surface area contributed by atoms with E-state index in [2.05, 4.69) is 31.5 Å². The van der Waals surface area contributed by atoms with Crippen LogP contribution in [0.3, 0.4) is 0 Å². The van der Waals surface area contributed by atoms with E-state index in [9.17, 15) is 9.18 Å². The molecular formula is C27H31FN6O. The van der Waals surface area contributed by atoms with E-state index in [0.29, 0.717) is 31.2 Å². The third-order valence-corrected chi connectivity index (χ3v) is 7.19.